The second-order valence-corrected chi connectivity index (χ2v) is 21.7. The third-order valence-corrected chi connectivity index (χ3v) is 13.5. The molecule has 1 amide bonds. The minimum Gasteiger partial charge on any atom is -0.756 e. The van der Waals surface area contributed by atoms with Gasteiger partial charge in [0.2, 0.25) is 5.91 Å². The Labute approximate surface area is 409 Å². The summed E-state index contributed by atoms with van der Waals surface area (Å²) < 4.78 is 23.2. The Morgan fingerprint density at radius 3 is 1.32 bits per heavy atom. The number of allylic oxidation sites excluding steroid dienone is 7. The van der Waals surface area contributed by atoms with Crippen molar-refractivity contribution in [3.8, 4) is 0 Å². The number of carbonyl (C=O) groups excluding carboxylic acids is 1. The molecule has 0 fully saturated rings. The van der Waals surface area contributed by atoms with Gasteiger partial charge in [-0.3, -0.25) is 9.36 Å². The number of phosphoric acid groups is 1. The molecule has 388 valence electrons. The predicted molar refractivity (Wildman–Crippen MR) is 284 cm³/mol. The summed E-state index contributed by atoms with van der Waals surface area (Å²) in [5.74, 6) is -0.212. The van der Waals surface area contributed by atoms with E-state index in [9.17, 15) is 19.4 Å². The molecule has 0 aromatic rings. The largest absolute Gasteiger partial charge is 0.756 e. The first-order valence-electron chi connectivity index (χ1n) is 28.0. The molecule has 0 rings (SSSR count). The number of hydrogen-bond acceptors (Lipinski definition) is 6. The molecule has 9 heteroatoms. The maximum Gasteiger partial charge on any atom is 0.268 e. The van der Waals surface area contributed by atoms with Crippen molar-refractivity contribution in [3.05, 3.63) is 48.6 Å². The number of nitrogens with zero attached hydrogens (tertiary/aromatic N) is 1. The summed E-state index contributed by atoms with van der Waals surface area (Å²) in [6, 6.07) is -0.906. The Bertz CT molecular complexity index is 1210. The number of hydrogen-bond donors (Lipinski definition) is 2. The van der Waals surface area contributed by atoms with Gasteiger partial charge < -0.3 is 28.8 Å². The SMILES string of the molecule is C/C=C/CC/C=C/CC/C=C/C(O)C(COP(=O)([O-])OCC[N+](C)(C)C)NC(=O)CCCCCCCCCCCCCCCCCCCCCCCCC/C=C\CCCCCCCCCC. The number of aliphatic hydroxyl groups is 1. The summed E-state index contributed by atoms with van der Waals surface area (Å²) in [7, 11) is 1.24. The zero-order valence-electron chi connectivity index (χ0n) is 44.1. The van der Waals surface area contributed by atoms with Gasteiger partial charge in [0.05, 0.1) is 39.9 Å². The molecule has 0 aliphatic carbocycles. The van der Waals surface area contributed by atoms with E-state index in [-0.39, 0.29) is 12.5 Å². The number of amides is 1. The number of rotatable bonds is 51. The van der Waals surface area contributed by atoms with E-state index >= 15 is 0 Å². The van der Waals surface area contributed by atoms with Gasteiger partial charge in [0.1, 0.15) is 13.2 Å². The van der Waals surface area contributed by atoms with Gasteiger partial charge in [0.25, 0.3) is 7.82 Å². The molecule has 0 aromatic heterocycles. The lowest BCUT2D eigenvalue weighted by Gasteiger charge is -2.29. The molecule has 8 nitrogen and oxygen atoms in total. The summed E-state index contributed by atoms with van der Waals surface area (Å²) in [5, 5.41) is 13.7. The van der Waals surface area contributed by atoms with Gasteiger partial charge >= 0.3 is 0 Å². The monoisotopic (exact) mass is 949 g/mol. The highest BCUT2D eigenvalue weighted by Crippen LogP contribution is 2.38. The molecule has 0 bridgehead atoms. The second-order valence-electron chi connectivity index (χ2n) is 20.3. The van der Waals surface area contributed by atoms with E-state index in [1.165, 1.54) is 193 Å². The summed E-state index contributed by atoms with van der Waals surface area (Å²) in [6.07, 6.45) is 63.9. The van der Waals surface area contributed by atoms with Crippen molar-refractivity contribution in [2.24, 2.45) is 0 Å². The topological polar surface area (TPSA) is 108 Å². The Morgan fingerprint density at radius 2 is 0.909 bits per heavy atom. The molecule has 0 aromatic carbocycles. The van der Waals surface area contributed by atoms with Crippen LogP contribution >= 0.6 is 7.82 Å². The van der Waals surface area contributed by atoms with Crippen LogP contribution in [0.2, 0.25) is 0 Å². The molecule has 0 aliphatic heterocycles. The minimum atomic E-state index is -4.60. The van der Waals surface area contributed by atoms with Crippen molar-refractivity contribution in [2.45, 2.75) is 270 Å². The Hall–Kier alpha value is -1.54. The Balaban J connectivity index is 3.86. The lowest BCUT2D eigenvalue weighted by atomic mass is 10.0. The van der Waals surface area contributed by atoms with Crippen molar-refractivity contribution in [2.75, 3.05) is 40.9 Å². The normalized spacial score (nSPS) is 14.3. The molecule has 0 saturated heterocycles. The highest BCUT2D eigenvalue weighted by Gasteiger charge is 2.23. The van der Waals surface area contributed by atoms with E-state index in [1.54, 1.807) is 6.08 Å². The Kier molecular flexibility index (Phi) is 47.4. The smallest absolute Gasteiger partial charge is 0.268 e. The summed E-state index contributed by atoms with van der Waals surface area (Å²) in [5.41, 5.74) is 0. The van der Waals surface area contributed by atoms with Crippen LogP contribution in [0.3, 0.4) is 0 Å². The highest BCUT2D eigenvalue weighted by atomic mass is 31.2. The van der Waals surface area contributed by atoms with Crippen LogP contribution in [0, 0.1) is 0 Å². The van der Waals surface area contributed by atoms with Crippen molar-refractivity contribution in [3.63, 3.8) is 0 Å². The van der Waals surface area contributed by atoms with Crippen molar-refractivity contribution in [1.29, 1.82) is 0 Å². The molecule has 0 radical (unpaired) electrons. The maximum absolute atomic E-state index is 12.9. The zero-order chi connectivity index (χ0) is 48.5. The molecule has 0 aliphatic rings. The van der Waals surface area contributed by atoms with Crippen LogP contribution in [0.25, 0.3) is 0 Å². The molecule has 3 unspecified atom stereocenters. The van der Waals surface area contributed by atoms with Crippen LogP contribution in [-0.2, 0) is 18.4 Å². The number of likely N-dealkylation sites (N-methyl/N-ethyl adjacent to an activating group) is 1. The molecule has 0 saturated carbocycles. The maximum atomic E-state index is 12.9. The molecule has 0 heterocycles. The molecule has 0 spiro atoms. The molecular weight excluding hydrogens is 840 g/mol. The van der Waals surface area contributed by atoms with E-state index in [4.69, 9.17) is 9.05 Å². The van der Waals surface area contributed by atoms with E-state index < -0.39 is 26.6 Å². The lowest BCUT2D eigenvalue weighted by molar-refractivity contribution is -0.870. The van der Waals surface area contributed by atoms with Crippen LogP contribution in [0.4, 0.5) is 0 Å². The fraction of sp³-hybridized carbons (Fsp3) is 0.842. The minimum absolute atomic E-state index is 0.00901. The first kappa shape index (κ1) is 64.5. The van der Waals surface area contributed by atoms with Crippen LogP contribution in [-0.4, -0.2) is 68.5 Å². The van der Waals surface area contributed by atoms with Gasteiger partial charge in [-0.2, -0.15) is 0 Å². The molecule has 3 atom stereocenters. The van der Waals surface area contributed by atoms with E-state index in [2.05, 4.69) is 42.6 Å². The van der Waals surface area contributed by atoms with Crippen molar-refractivity contribution >= 4 is 13.7 Å². The standard InChI is InChI=1S/C57H109N2O6P/c1-6-8-10-12-14-16-17-18-19-20-21-22-23-24-25-26-27-28-29-30-31-32-33-34-35-36-37-38-39-40-41-43-45-47-49-51-57(61)58-55(54-65-66(62,63)64-53-52-59(3,4)5)56(60)50-48-46-44-42-15-13-11-9-7-2/h7,9,15,20-21,42,48,50,55-56,60H,6,8,10-14,16-19,22-41,43-47,49,51-54H2,1-5H3,(H-,58,61,62,63)/b9-7+,21-20-,42-15+,50-48+. The third kappa shape index (κ3) is 50.3. The number of aliphatic hydroxyl groups excluding tert-OH is 1. The second kappa shape index (κ2) is 48.5. The average molecular weight is 949 g/mol. The number of carbonyl (C=O) groups is 1. The van der Waals surface area contributed by atoms with E-state index in [0.29, 0.717) is 17.4 Å². The van der Waals surface area contributed by atoms with Gasteiger partial charge in [-0.25, -0.2) is 0 Å². The Morgan fingerprint density at radius 1 is 0.545 bits per heavy atom. The van der Waals surface area contributed by atoms with Crippen LogP contribution < -0.4 is 10.2 Å². The van der Waals surface area contributed by atoms with Crippen LogP contribution in [0.15, 0.2) is 48.6 Å². The van der Waals surface area contributed by atoms with Gasteiger partial charge in [-0.15, -0.1) is 0 Å². The zero-order valence-corrected chi connectivity index (χ0v) is 45.0. The number of nitrogens with one attached hydrogen (secondary N) is 1. The summed E-state index contributed by atoms with van der Waals surface area (Å²) in [6.45, 7) is 4.39. The number of quaternary nitrogens is 1. The highest BCUT2D eigenvalue weighted by molar-refractivity contribution is 7.45. The van der Waals surface area contributed by atoms with Crippen molar-refractivity contribution in [1.82, 2.24) is 5.32 Å². The van der Waals surface area contributed by atoms with Crippen LogP contribution in [0.1, 0.15) is 258 Å². The molecule has 66 heavy (non-hydrogen) atoms. The van der Waals surface area contributed by atoms with E-state index in [1.807, 2.05) is 40.2 Å². The fourth-order valence-corrected chi connectivity index (χ4v) is 8.91. The third-order valence-electron chi connectivity index (χ3n) is 12.6. The fourth-order valence-electron chi connectivity index (χ4n) is 8.19. The van der Waals surface area contributed by atoms with Gasteiger partial charge in [0, 0.05) is 6.42 Å². The van der Waals surface area contributed by atoms with Gasteiger partial charge in [-0.1, -0.05) is 235 Å². The first-order valence-corrected chi connectivity index (χ1v) is 29.4. The summed E-state index contributed by atoms with van der Waals surface area (Å²) >= 11 is 0. The lowest BCUT2D eigenvalue weighted by Crippen LogP contribution is -2.45. The number of phosphoric ester groups is 1. The average Bonchev–Trinajstić information content (AvgIpc) is 3.28. The first-order chi connectivity index (χ1) is 32.0. The van der Waals surface area contributed by atoms with E-state index in [0.717, 1.165) is 44.9 Å². The summed E-state index contributed by atoms with van der Waals surface area (Å²) in [4.78, 5) is 25.3. The van der Waals surface area contributed by atoms with Crippen molar-refractivity contribution < 1.29 is 32.9 Å². The predicted octanol–water partition coefficient (Wildman–Crippen LogP) is 16.1. The molecule has 2 N–H and O–H groups in total. The number of unbranched alkanes of at least 4 members (excludes halogenated alkanes) is 33. The van der Waals surface area contributed by atoms with Gasteiger partial charge in [-0.05, 0) is 64.7 Å². The van der Waals surface area contributed by atoms with Gasteiger partial charge in [0.15, 0.2) is 0 Å². The van der Waals surface area contributed by atoms with Crippen LogP contribution in [0.5, 0.6) is 0 Å². The molecular formula is C57H109N2O6P. The quantitative estimate of drug-likeness (QED) is 0.0272.